The molecule has 8 nitrogen and oxygen atoms in total. The number of benzene rings is 3. The maximum absolute atomic E-state index is 12.7. The number of aromatic hydroxyl groups is 1. The van der Waals surface area contributed by atoms with Crippen LogP contribution in [0.4, 0.5) is 21.9 Å². The molecule has 0 aliphatic heterocycles. The fourth-order valence-corrected chi connectivity index (χ4v) is 4.53. The monoisotopic (exact) mass is 612 g/mol. The molecule has 0 heterocycles. The van der Waals surface area contributed by atoms with Crippen molar-refractivity contribution in [3.8, 4) is 11.8 Å². The molecule has 10 heteroatoms. The minimum absolute atomic E-state index is 0.101. The van der Waals surface area contributed by atoms with Gasteiger partial charge in [0, 0.05) is 21.6 Å². The van der Waals surface area contributed by atoms with Gasteiger partial charge in [-0.15, -0.1) is 0 Å². The van der Waals surface area contributed by atoms with Crippen LogP contribution < -0.4 is 16.4 Å². The van der Waals surface area contributed by atoms with Gasteiger partial charge in [-0.05, 0) is 70.5 Å². The quantitative estimate of drug-likeness (QED) is 0.177. The maximum Gasteiger partial charge on any atom is 0.412 e. The largest absolute Gasteiger partial charge is 0.506 e. The third-order valence-electron chi connectivity index (χ3n) is 5.11. The molecule has 0 bridgehead atoms. The van der Waals surface area contributed by atoms with Crippen molar-refractivity contribution in [1.29, 1.82) is 5.26 Å². The van der Waals surface area contributed by atoms with E-state index in [2.05, 4.69) is 42.5 Å². The number of hydrogen-bond acceptors (Lipinski definition) is 6. The summed E-state index contributed by atoms with van der Waals surface area (Å²) in [5.41, 5.74) is 7.98. The van der Waals surface area contributed by atoms with Crippen LogP contribution in [0.2, 0.25) is 0 Å². The normalized spacial score (nSPS) is 12.4. The van der Waals surface area contributed by atoms with Crippen molar-refractivity contribution in [2.45, 2.75) is 13.0 Å². The Morgan fingerprint density at radius 3 is 2.47 bits per heavy atom. The molecule has 0 aliphatic carbocycles. The van der Waals surface area contributed by atoms with Crippen LogP contribution in [0.1, 0.15) is 24.2 Å². The number of nitrogens with zero attached hydrogens (tertiary/aromatic N) is 1. The van der Waals surface area contributed by atoms with Crippen LogP contribution in [-0.4, -0.2) is 17.1 Å². The van der Waals surface area contributed by atoms with E-state index in [1.54, 1.807) is 73.7 Å². The molecule has 0 spiro atoms. The fourth-order valence-electron chi connectivity index (χ4n) is 3.27. The molecule has 3 aromatic carbocycles. The highest BCUT2D eigenvalue weighted by Gasteiger charge is 2.27. The Morgan fingerprint density at radius 2 is 1.81 bits per heavy atom. The summed E-state index contributed by atoms with van der Waals surface area (Å²) in [6.45, 7) is 1.74. The van der Waals surface area contributed by atoms with E-state index in [0.717, 1.165) is 0 Å². The van der Waals surface area contributed by atoms with E-state index in [-0.39, 0.29) is 5.75 Å². The summed E-state index contributed by atoms with van der Waals surface area (Å²) in [7, 11) is 0. The lowest BCUT2D eigenvalue weighted by Gasteiger charge is -2.24. The molecule has 0 aliphatic rings. The summed E-state index contributed by atoms with van der Waals surface area (Å²) < 4.78 is 6.75. The van der Waals surface area contributed by atoms with Gasteiger partial charge < -0.3 is 20.9 Å². The summed E-state index contributed by atoms with van der Waals surface area (Å²) in [6, 6.07) is 18.4. The predicted molar refractivity (Wildman–Crippen MR) is 145 cm³/mol. The van der Waals surface area contributed by atoms with Gasteiger partial charge in [0.1, 0.15) is 11.9 Å². The number of phenols is 1. The summed E-state index contributed by atoms with van der Waals surface area (Å²) in [5.74, 6) is -1.04. The number of amides is 2. The van der Waals surface area contributed by atoms with Crippen LogP contribution in [0.5, 0.6) is 5.75 Å². The Balaban J connectivity index is 1.82. The number of nitriles is 1. The second-order valence-corrected chi connectivity index (χ2v) is 9.53. The van der Waals surface area contributed by atoms with Crippen molar-refractivity contribution < 1.29 is 19.4 Å². The second kappa shape index (κ2) is 12.2. The average molecular weight is 614 g/mol. The highest BCUT2D eigenvalue weighted by atomic mass is 79.9. The van der Waals surface area contributed by atoms with Gasteiger partial charge in [0.05, 0.1) is 27.5 Å². The molecule has 0 saturated carbocycles. The SMILES string of the molecule is C[C@@H](/C=C/C(=O)Nc1ccccc1N)[C@H](OC(=O)Nc1ccc(C#N)cc1)c1cc(Br)cc(Br)c1O. The van der Waals surface area contributed by atoms with Crippen molar-refractivity contribution in [1.82, 2.24) is 0 Å². The maximum atomic E-state index is 12.7. The van der Waals surface area contributed by atoms with Gasteiger partial charge in [-0.25, -0.2) is 4.79 Å². The molecule has 2 atom stereocenters. The van der Waals surface area contributed by atoms with E-state index in [1.165, 1.54) is 6.08 Å². The minimum atomic E-state index is -0.956. The van der Waals surface area contributed by atoms with E-state index in [4.69, 9.17) is 15.7 Å². The summed E-state index contributed by atoms with van der Waals surface area (Å²) in [4.78, 5) is 25.2. The molecule has 0 radical (unpaired) electrons. The number of nitrogens with one attached hydrogen (secondary N) is 2. The molecule has 0 saturated heterocycles. The third-order valence-corrected chi connectivity index (χ3v) is 6.17. The molecule has 184 valence electrons. The second-order valence-electron chi connectivity index (χ2n) is 7.76. The first-order valence-electron chi connectivity index (χ1n) is 10.7. The third kappa shape index (κ3) is 7.10. The van der Waals surface area contributed by atoms with Gasteiger partial charge >= 0.3 is 6.09 Å². The molecular weight excluding hydrogens is 592 g/mol. The topological polar surface area (TPSA) is 137 Å². The number of carbonyl (C=O) groups is 2. The Hall–Kier alpha value is -3.81. The van der Waals surface area contributed by atoms with Crippen LogP contribution in [0.3, 0.4) is 0 Å². The van der Waals surface area contributed by atoms with Crippen molar-refractivity contribution in [2.75, 3.05) is 16.4 Å². The smallest absolute Gasteiger partial charge is 0.412 e. The molecule has 2 amide bonds. The molecule has 3 rings (SSSR count). The number of anilines is 3. The zero-order chi connectivity index (χ0) is 26.2. The van der Waals surface area contributed by atoms with Crippen molar-refractivity contribution in [3.05, 3.63) is 92.9 Å². The van der Waals surface area contributed by atoms with Gasteiger partial charge in [-0.3, -0.25) is 10.1 Å². The number of rotatable bonds is 7. The van der Waals surface area contributed by atoms with Gasteiger partial charge in [0.15, 0.2) is 0 Å². The zero-order valence-electron chi connectivity index (χ0n) is 19.0. The number of nitrogens with two attached hydrogens (primary N) is 1. The Kier molecular flexibility index (Phi) is 9.11. The molecule has 3 aromatic rings. The Morgan fingerprint density at radius 1 is 1.11 bits per heavy atom. The number of para-hydroxylation sites is 2. The Bertz CT molecular complexity index is 1340. The van der Waals surface area contributed by atoms with Crippen molar-refractivity contribution in [2.24, 2.45) is 5.92 Å². The molecule has 0 fully saturated rings. The molecule has 0 aromatic heterocycles. The number of ether oxygens (including phenoxy) is 1. The van der Waals surface area contributed by atoms with E-state index in [1.807, 2.05) is 6.07 Å². The number of hydrogen-bond donors (Lipinski definition) is 4. The fraction of sp³-hybridized carbons (Fsp3) is 0.115. The summed E-state index contributed by atoms with van der Waals surface area (Å²) >= 11 is 6.68. The van der Waals surface area contributed by atoms with E-state index in [0.29, 0.717) is 37.1 Å². The number of halogens is 2. The molecule has 0 unspecified atom stereocenters. The van der Waals surface area contributed by atoms with E-state index in [9.17, 15) is 14.7 Å². The highest BCUT2D eigenvalue weighted by Crippen LogP contribution is 2.40. The summed E-state index contributed by atoms with van der Waals surface area (Å²) in [5, 5.41) is 24.9. The first-order valence-corrected chi connectivity index (χ1v) is 12.3. The average Bonchev–Trinajstić information content (AvgIpc) is 2.85. The van der Waals surface area contributed by atoms with Crippen LogP contribution in [0.15, 0.2) is 81.8 Å². The lowest BCUT2D eigenvalue weighted by atomic mass is 9.96. The van der Waals surface area contributed by atoms with Crippen LogP contribution in [0.25, 0.3) is 0 Å². The standard InChI is InChI=1S/C26H22Br2N4O4/c1-15(6-11-23(33)32-22-5-3-2-4-21(22)30)25(19-12-17(27)13-20(28)24(19)34)36-26(35)31-18-9-7-16(14-29)8-10-18/h2-13,15,25,34H,30H2,1H3,(H,31,35)(H,32,33)/b11-6+/t15-,25-/m0/s1. The van der Waals surface area contributed by atoms with Gasteiger partial charge in [0.25, 0.3) is 0 Å². The lowest BCUT2D eigenvalue weighted by molar-refractivity contribution is -0.111. The van der Waals surface area contributed by atoms with Crippen LogP contribution in [0, 0.1) is 17.2 Å². The number of phenolic OH excluding ortho intramolecular Hbond substituents is 1. The van der Waals surface area contributed by atoms with Gasteiger partial charge in [-0.1, -0.05) is 41.1 Å². The Labute approximate surface area is 225 Å². The van der Waals surface area contributed by atoms with Crippen LogP contribution >= 0.6 is 31.9 Å². The highest BCUT2D eigenvalue weighted by molar-refractivity contribution is 9.11. The zero-order valence-corrected chi connectivity index (χ0v) is 22.2. The number of nitrogen functional groups attached to an aromatic ring is 1. The predicted octanol–water partition coefficient (Wildman–Crippen LogP) is 6.49. The lowest BCUT2D eigenvalue weighted by Crippen LogP contribution is -2.22. The van der Waals surface area contributed by atoms with E-state index < -0.39 is 24.0 Å². The summed E-state index contributed by atoms with van der Waals surface area (Å²) in [6.07, 6.45) is 1.16. The number of carbonyl (C=O) groups excluding carboxylic acids is 2. The first-order chi connectivity index (χ1) is 17.2. The van der Waals surface area contributed by atoms with Crippen molar-refractivity contribution >= 4 is 60.9 Å². The molecular formula is C26H22Br2N4O4. The van der Waals surface area contributed by atoms with Crippen LogP contribution in [-0.2, 0) is 9.53 Å². The van der Waals surface area contributed by atoms with Crippen molar-refractivity contribution in [3.63, 3.8) is 0 Å². The van der Waals surface area contributed by atoms with E-state index >= 15 is 0 Å². The van der Waals surface area contributed by atoms with Gasteiger partial charge in [-0.2, -0.15) is 5.26 Å². The van der Waals surface area contributed by atoms with Gasteiger partial charge in [0.2, 0.25) is 5.91 Å². The molecule has 36 heavy (non-hydrogen) atoms. The molecule has 5 N–H and O–H groups in total. The first kappa shape index (κ1) is 26.8. The minimum Gasteiger partial charge on any atom is -0.506 e.